The van der Waals surface area contributed by atoms with Crippen molar-refractivity contribution in [2.45, 2.75) is 33.2 Å². The van der Waals surface area contributed by atoms with E-state index >= 15 is 0 Å². The monoisotopic (exact) mass is 273 g/mol. The molecule has 2 aromatic rings. The van der Waals surface area contributed by atoms with Crippen LogP contribution in [0.2, 0.25) is 0 Å². The maximum absolute atomic E-state index is 5.68. The Balaban J connectivity index is 2.33. The second kappa shape index (κ2) is 6.62. The smallest absolute Gasteiger partial charge is 0.118 e. The van der Waals surface area contributed by atoms with Crippen molar-refractivity contribution in [3.05, 3.63) is 53.0 Å². The lowest BCUT2D eigenvalue weighted by atomic mass is 9.98. The molecule has 0 saturated heterocycles. The average Bonchev–Trinajstić information content (AvgIpc) is 2.79. The SMILES string of the molecule is CCCNC(c1ccc(OC)cc1)c1cc(C)oc1C. The molecule has 1 heterocycles. The fourth-order valence-corrected chi connectivity index (χ4v) is 2.43. The zero-order valence-electron chi connectivity index (χ0n) is 12.7. The van der Waals surface area contributed by atoms with Gasteiger partial charge in [-0.05, 0) is 50.6 Å². The molecule has 0 aliphatic rings. The number of hydrogen-bond donors (Lipinski definition) is 1. The highest BCUT2D eigenvalue weighted by molar-refractivity contribution is 5.37. The Morgan fingerprint density at radius 1 is 1.20 bits per heavy atom. The first-order chi connectivity index (χ1) is 9.65. The van der Waals surface area contributed by atoms with Gasteiger partial charge in [-0.25, -0.2) is 0 Å². The largest absolute Gasteiger partial charge is 0.497 e. The number of rotatable bonds is 6. The number of hydrogen-bond acceptors (Lipinski definition) is 3. The van der Waals surface area contributed by atoms with E-state index in [1.807, 2.05) is 26.0 Å². The zero-order chi connectivity index (χ0) is 14.5. The first kappa shape index (κ1) is 14.7. The maximum Gasteiger partial charge on any atom is 0.118 e. The standard InChI is InChI=1S/C17H23NO2/c1-5-10-18-17(16-11-12(2)20-13(16)3)14-6-8-15(19-4)9-7-14/h6-9,11,17-18H,5,10H2,1-4H3. The number of aryl methyl sites for hydroxylation is 2. The molecule has 2 rings (SSSR count). The first-order valence-corrected chi connectivity index (χ1v) is 7.10. The van der Waals surface area contributed by atoms with Gasteiger partial charge in [0, 0.05) is 5.56 Å². The molecule has 0 aliphatic heterocycles. The van der Waals surface area contributed by atoms with Crippen LogP contribution in [-0.4, -0.2) is 13.7 Å². The molecule has 0 aliphatic carbocycles. The van der Waals surface area contributed by atoms with E-state index in [9.17, 15) is 0 Å². The van der Waals surface area contributed by atoms with Crippen LogP contribution in [0.25, 0.3) is 0 Å². The maximum atomic E-state index is 5.68. The van der Waals surface area contributed by atoms with E-state index in [0.29, 0.717) is 0 Å². The highest BCUT2D eigenvalue weighted by atomic mass is 16.5. The third kappa shape index (κ3) is 3.23. The zero-order valence-corrected chi connectivity index (χ0v) is 12.7. The molecule has 0 bridgehead atoms. The Morgan fingerprint density at radius 3 is 2.40 bits per heavy atom. The Hall–Kier alpha value is -1.74. The fourth-order valence-electron chi connectivity index (χ4n) is 2.43. The fraction of sp³-hybridized carbons (Fsp3) is 0.412. The van der Waals surface area contributed by atoms with Crippen molar-refractivity contribution in [1.82, 2.24) is 5.32 Å². The van der Waals surface area contributed by atoms with Crippen LogP contribution in [0.4, 0.5) is 0 Å². The van der Waals surface area contributed by atoms with Crippen molar-refractivity contribution in [1.29, 1.82) is 0 Å². The van der Waals surface area contributed by atoms with Gasteiger partial charge < -0.3 is 14.5 Å². The topological polar surface area (TPSA) is 34.4 Å². The van der Waals surface area contributed by atoms with E-state index in [4.69, 9.17) is 9.15 Å². The molecule has 1 aromatic heterocycles. The normalized spacial score (nSPS) is 12.4. The van der Waals surface area contributed by atoms with Crippen LogP contribution in [0.15, 0.2) is 34.7 Å². The van der Waals surface area contributed by atoms with Gasteiger partial charge in [0.1, 0.15) is 17.3 Å². The summed E-state index contributed by atoms with van der Waals surface area (Å²) in [5, 5.41) is 3.59. The van der Waals surface area contributed by atoms with Gasteiger partial charge in [-0.2, -0.15) is 0 Å². The van der Waals surface area contributed by atoms with Crippen molar-refractivity contribution < 1.29 is 9.15 Å². The summed E-state index contributed by atoms with van der Waals surface area (Å²) in [5.41, 5.74) is 2.43. The van der Waals surface area contributed by atoms with E-state index in [2.05, 4.69) is 30.4 Å². The van der Waals surface area contributed by atoms with Crippen LogP contribution in [0, 0.1) is 13.8 Å². The summed E-state index contributed by atoms with van der Waals surface area (Å²) in [4.78, 5) is 0. The van der Waals surface area contributed by atoms with Crippen LogP contribution in [0.3, 0.4) is 0 Å². The first-order valence-electron chi connectivity index (χ1n) is 7.10. The summed E-state index contributed by atoms with van der Waals surface area (Å²) in [7, 11) is 1.69. The van der Waals surface area contributed by atoms with Crippen molar-refractivity contribution >= 4 is 0 Å². The lowest BCUT2D eigenvalue weighted by Crippen LogP contribution is -2.23. The molecule has 0 amide bonds. The van der Waals surface area contributed by atoms with E-state index in [1.54, 1.807) is 7.11 Å². The highest BCUT2D eigenvalue weighted by Crippen LogP contribution is 2.28. The van der Waals surface area contributed by atoms with Crippen molar-refractivity contribution in [3.63, 3.8) is 0 Å². The Kier molecular flexibility index (Phi) is 4.85. The molecule has 1 N–H and O–H groups in total. The summed E-state index contributed by atoms with van der Waals surface area (Å²) in [6.07, 6.45) is 1.10. The summed E-state index contributed by atoms with van der Waals surface area (Å²) >= 11 is 0. The minimum atomic E-state index is 0.165. The number of furan rings is 1. The lowest BCUT2D eigenvalue weighted by molar-refractivity contribution is 0.414. The summed E-state index contributed by atoms with van der Waals surface area (Å²) in [5.74, 6) is 2.81. The molecule has 1 atom stereocenters. The minimum Gasteiger partial charge on any atom is -0.497 e. The molecule has 3 nitrogen and oxygen atoms in total. The molecule has 0 radical (unpaired) electrons. The molecule has 0 saturated carbocycles. The number of ether oxygens (including phenoxy) is 1. The molecule has 20 heavy (non-hydrogen) atoms. The Morgan fingerprint density at radius 2 is 1.90 bits per heavy atom. The molecule has 1 unspecified atom stereocenters. The average molecular weight is 273 g/mol. The Labute approximate surface area is 121 Å². The molecular formula is C17H23NO2. The molecule has 3 heteroatoms. The highest BCUT2D eigenvalue weighted by Gasteiger charge is 2.18. The summed E-state index contributed by atoms with van der Waals surface area (Å²) in [6, 6.07) is 10.5. The van der Waals surface area contributed by atoms with Crippen LogP contribution in [0.5, 0.6) is 5.75 Å². The van der Waals surface area contributed by atoms with Crippen LogP contribution in [-0.2, 0) is 0 Å². The summed E-state index contributed by atoms with van der Waals surface area (Å²) < 4.78 is 10.9. The molecule has 1 aromatic carbocycles. The van der Waals surface area contributed by atoms with Crippen molar-refractivity contribution in [3.8, 4) is 5.75 Å². The van der Waals surface area contributed by atoms with Gasteiger partial charge >= 0.3 is 0 Å². The van der Waals surface area contributed by atoms with Crippen LogP contribution >= 0.6 is 0 Å². The number of benzene rings is 1. The van der Waals surface area contributed by atoms with Gasteiger partial charge in [0.25, 0.3) is 0 Å². The number of nitrogens with one attached hydrogen (secondary N) is 1. The van der Waals surface area contributed by atoms with Gasteiger partial charge in [0.2, 0.25) is 0 Å². The minimum absolute atomic E-state index is 0.165. The molecule has 0 fully saturated rings. The van der Waals surface area contributed by atoms with E-state index in [0.717, 1.165) is 30.2 Å². The third-order valence-electron chi connectivity index (χ3n) is 3.44. The van der Waals surface area contributed by atoms with Crippen molar-refractivity contribution in [2.24, 2.45) is 0 Å². The predicted octanol–water partition coefficient (Wildman–Crippen LogP) is 3.99. The predicted molar refractivity (Wildman–Crippen MR) is 81.3 cm³/mol. The second-order valence-electron chi connectivity index (χ2n) is 5.03. The van der Waals surface area contributed by atoms with Gasteiger partial charge in [-0.15, -0.1) is 0 Å². The molecular weight excluding hydrogens is 250 g/mol. The molecule has 0 spiro atoms. The van der Waals surface area contributed by atoms with Crippen molar-refractivity contribution in [2.75, 3.05) is 13.7 Å². The van der Waals surface area contributed by atoms with Crippen LogP contribution < -0.4 is 10.1 Å². The van der Waals surface area contributed by atoms with Gasteiger partial charge in [0.05, 0.1) is 13.2 Å². The van der Waals surface area contributed by atoms with Crippen LogP contribution in [0.1, 0.15) is 42.0 Å². The van der Waals surface area contributed by atoms with E-state index in [1.165, 1.54) is 11.1 Å². The van der Waals surface area contributed by atoms with E-state index in [-0.39, 0.29) is 6.04 Å². The third-order valence-corrected chi connectivity index (χ3v) is 3.44. The van der Waals surface area contributed by atoms with Gasteiger partial charge in [-0.3, -0.25) is 0 Å². The molecule has 108 valence electrons. The Bertz CT molecular complexity index is 543. The summed E-state index contributed by atoms with van der Waals surface area (Å²) in [6.45, 7) is 7.15. The van der Waals surface area contributed by atoms with E-state index < -0.39 is 0 Å². The quantitative estimate of drug-likeness (QED) is 0.864. The van der Waals surface area contributed by atoms with Gasteiger partial charge in [-0.1, -0.05) is 19.1 Å². The van der Waals surface area contributed by atoms with Gasteiger partial charge in [0.15, 0.2) is 0 Å². The lowest BCUT2D eigenvalue weighted by Gasteiger charge is -2.19. The second-order valence-corrected chi connectivity index (χ2v) is 5.03. The number of methoxy groups -OCH3 is 1.